The number of carbonyl (C=O) groups is 1. The maximum absolute atomic E-state index is 12.6. The van der Waals surface area contributed by atoms with Gasteiger partial charge in [0.1, 0.15) is 11.6 Å². The van der Waals surface area contributed by atoms with Gasteiger partial charge in [0.25, 0.3) is 5.56 Å². The molecule has 26 heavy (non-hydrogen) atoms. The van der Waals surface area contributed by atoms with Crippen molar-refractivity contribution in [3.8, 4) is 18.1 Å². The molecule has 6 nitrogen and oxygen atoms in total. The summed E-state index contributed by atoms with van der Waals surface area (Å²) in [6.07, 6.45) is 6.37. The third-order valence-electron chi connectivity index (χ3n) is 3.98. The van der Waals surface area contributed by atoms with Crippen LogP contribution in [0.3, 0.4) is 0 Å². The van der Waals surface area contributed by atoms with E-state index < -0.39 is 0 Å². The van der Waals surface area contributed by atoms with Gasteiger partial charge in [0.2, 0.25) is 5.91 Å². The number of amides is 1. The van der Waals surface area contributed by atoms with Crippen molar-refractivity contribution < 1.29 is 9.53 Å². The van der Waals surface area contributed by atoms with E-state index in [4.69, 9.17) is 11.2 Å². The van der Waals surface area contributed by atoms with Gasteiger partial charge in [0.05, 0.1) is 17.9 Å². The van der Waals surface area contributed by atoms with Crippen molar-refractivity contribution in [2.24, 2.45) is 0 Å². The maximum Gasteiger partial charge on any atom is 0.257 e. The van der Waals surface area contributed by atoms with Crippen molar-refractivity contribution in [1.82, 2.24) is 9.97 Å². The molecule has 134 valence electrons. The zero-order valence-corrected chi connectivity index (χ0v) is 15.2. The van der Waals surface area contributed by atoms with E-state index in [1.807, 2.05) is 31.2 Å². The van der Waals surface area contributed by atoms with Gasteiger partial charge in [-0.05, 0) is 24.1 Å². The van der Waals surface area contributed by atoms with Gasteiger partial charge in [-0.25, -0.2) is 4.98 Å². The minimum atomic E-state index is -0.345. The average molecular weight is 369 g/mol. The number of aromatic amines is 1. The molecule has 3 rings (SSSR count). The Morgan fingerprint density at radius 3 is 2.81 bits per heavy atom. The molecule has 0 radical (unpaired) electrons. The predicted molar refractivity (Wildman–Crippen MR) is 102 cm³/mol. The normalized spacial score (nSPS) is 15.7. The first-order chi connectivity index (χ1) is 12.6. The summed E-state index contributed by atoms with van der Waals surface area (Å²) in [7, 11) is 0. The number of nitrogens with zero attached hydrogens (tertiary/aromatic N) is 1. The van der Waals surface area contributed by atoms with Crippen LogP contribution in [0.5, 0.6) is 5.75 Å². The largest absolute Gasteiger partial charge is 0.494 e. The molecule has 0 saturated heterocycles. The number of hydrogen-bond donors (Lipinski definition) is 2. The summed E-state index contributed by atoms with van der Waals surface area (Å²) in [6.45, 7) is 2.69. The second-order valence-corrected chi connectivity index (χ2v) is 6.81. The topological polar surface area (TPSA) is 84.1 Å². The number of terminal acetylenes is 1. The third-order valence-corrected chi connectivity index (χ3v) is 4.75. The lowest BCUT2D eigenvalue weighted by atomic mass is 9.87. The van der Waals surface area contributed by atoms with Gasteiger partial charge in [0, 0.05) is 12.3 Å². The molecular weight excluding hydrogens is 350 g/mol. The molecule has 1 amide bonds. The second-order valence-electron chi connectivity index (χ2n) is 5.85. The Morgan fingerprint density at radius 2 is 2.12 bits per heavy atom. The van der Waals surface area contributed by atoms with E-state index in [1.165, 1.54) is 11.8 Å². The standard InChI is InChI=1S/C19H19N3O3S/c1-3-9-25-13-7-5-12(6-8-13)14-11-15(23)20-17-16(14)18(24)22-19(21-17)26-10-4-2/h2,5-8,14H,3,9-11H2,1H3,(H2,20,21,22,23,24). The Bertz CT molecular complexity index is 900. The quantitative estimate of drug-likeness (QED) is 0.465. The zero-order chi connectivity index (χ0) is 18.5. The van der Waals surface area contributed by atoms with E-state index in [0.717, 1.165) is 17.7 Å². The summed E-state index contributed by atoms with van der Waals surface area (Å²) in [6, 6.07) is 7.49. The number of fused-ring (bicyclic) bond motifs is 1. The van der Waals surface area contributed by atoms with Gasteiger partial charge >= 0.3 is 0 Å². The van der Waals surface area contributed by atoms with Crippen LogP contribution in [0.25, 0.3) is 0 Å². The van der Waals surface area contributed by atoms with Crippen LogP contribution in [0.2, 0.25) is 0 Å². The van der Waals surface area contributed by atoms with Crippen molar-refractivity contribution in [3.63, 3.8) is 0 Å². The number of rotatable bonds is 6. The first-order valence-electron chi connectivity index (χ1n) is 8.35. The van der Waals surface area contributed by atoms with Crippen LogP contribution >= 0.6 is 11.8 Å². The lowest BCUT2D eigenvalue weighted by Crippen LogP contribution is -2.31. The molecule has 7 heteroatoms. The minimum absolute atomic E-state index is 0.167. The molecule has 1 aromatic heterocycles. The van der Waals surface area contributed by atoms with Crippen LogP contribution in [-0.2, 0) is 4.79 Å². The maximum atomic E-state index is 12.6. The lowest BCUT2D eigenvalue weighted by Gasteiger charge is -2.24. The monoisotopic (exact) mass is 369 g/mol. The highest BCUT2D eigenvalue weighted by Crippen LogP contribution is 2.35. The first-order valence-corrected chi connectivity index (χ1v) is 9.34. The summed E-state index contributed by atoms with van der Waals surface area (Å²) in [5.74, 6) is 3.43. The number of aromatic nitrogens is 2. The predicted octanol–water partition coefficient (Wildman–Crippen LogP) is 2.76. The van der Waals surface area contributed by atoms with E-state index in [9.17, 15) is 9.59 Å². The van der Waals surface area contributed by atoms with Crippen LogP contribution < -0.4 is 15.6 Å². The molecule has 0 spiro atoms. The Labute approximate surface area is 155 Å². The van der Waals surface area contributed by atoms with Crippen molar-refractivity contribution in [3.05, 3.63) is 45.7 Å². The molecule has 0 aliphatic carbocycles. The number of carbonyl (C=O) groups excluding carboxylic acids is 1. The summed E-state index contributed by atoms with van der Waals surface area (Å²) < 4.78 is 5.59. The number of anilines is 1. The van der Waals surface area contributed by atoms with E-state index in [0.29, 0.717) is 28.9 Å². The Morgan fingerprint density at radius 1 is 1.35 bits per heavy atom. The van der Waals surface area contributed by atoms with Crippen LogP contribution in [0.1, 0.15) is 36.8 Å². The molecule has 0 bridgehead atoms. The zero-order valence-electron chi connectivity index (χ0n) is 14.4. The fourth-order valence-electron chi connectivity index (χ4n) is 2.83. The molecule has 1 aromatic carbocycles. The van der Waals surface area contributed by atoms with E-state index >= 15 is 0 Å². The van der Waals surface area contributed by atoms with Crippen LogP contribution in [-0.4, -0.2) is 28.2 Å². The van der Waals surface area contributed by atoms with Gasteiger partial charge in [-0.15, -0.1) is 6.42 Å². The third kappa shape index (κ3) is 3.92. The highest BCUT2D eigenvalue weighted by Gasteiger charge is 2.30. The Hall–Kier alpha value is -2.72. The van der Waals surface area contributed by atoms with E-state index in [2.05, 4.69) is 21.2 Å². The Kier molecular flexibility index (Phi) is 5.64. The van der Waals surface area contributed by atoms with Crippen LogP contribution in [0.15, 0.2) is 34.2 Å². The number of benzene rings is 1. The molecule has 2 N–H and O–H groups in total. The van der Waals surface area contributed by atoms with Crippen molar-refractivity contribution in [2.75, 3.05) is 17.7 Å². The summed E-state index contributed by atoms with van der Waals surface area (Å²) in [5.41, 5.74) is 1.09. The molecule has 1 unspecified atom stereocenters. The van der Waals surface area contributed by atoms with Crippen molar-refractivity contribution >= 4 is 23.5 Å². The number of hydrogen-bond acceptors (Lipinski definition) is 5. The second kappa shape index (κ2) is 8.11. The highest BCUT2D eigenvalue weighted by atomic mass is 32.2. The highest BCUT2D eigenvalue weighted by molar-refractivity contribution is 7.99. The summed E-state index contributed by atoms with van der Waals surface area (Å²) in [5, 5.41) is 3.10. The molecule has 0 fully saturated rings. The van der Waals surface area contributed by atoms with Gasteiger partial charge in [-0.1, -0.05) is 36.7 Å². The number of ether oxygens (including phenoxy) is 1. The fourth-order valence-corrected chi connectivity index (χ4v) is 3.37. The van der Waals surface area contributed by atoms with Gasteiger partial charge in [0.15, 0.2) is 5.16 Å². The molecular formula is C19H19N3O3S. The Balaban J connectivity index is 1.94. The van der Waals surface area contributed by atoms with Crippen molar-refractivity contribution in [1.29, 1.82) is 0 Å². The number of nitrogens with one attached hydrogen (secondary N) is 2. The van der Waals surface area contributed by atoms with Gasteiger partial charge in [-0.2, -0.15) is 0 Å². The molecule has 1 aliphatic rings. The summed E-state index contributed by atoms with van der Waals surface area (Å²) >= 11 is 1.24. The molecule has 1 aliphatic heterocycles. The van der Waals surface area contributed by atoms with Gasteiger partial charge in [-0.3, -0.25) is 9.59 Å². The minimum Gasteiger partial charge on any atom is -0.494 e. The molecule has 2 aromatic rings. The van der Waals surface area contributed by atoms with Crippen LogP contribution in [0, 0.1) is 12.3 Å². The van der Waals surface area contributed by atoms with E-state index in [-0.39, 0.29) is 23.8 Å². The van der Waals surface area contributed by atoms with Crippen molar-refractivity contribution in [2.45, 2.75) is 30.8 Å². The molecule has 0 saturated carbocycles. The summed E-state index contributed by atoms with van der Waals surface area (Å²) in [4.78, 5) is 31.8. The van der Waals surface area contributed by atoms with Gasteiger partial charge < -0.3 is 15.0 Å². The molecule has 2 heterocycles. The SMILES string of the molecule is C#CCSc1nc2c(c(=O)[nH]1)C(c1ccc(OCCC)cc1)CC(=O)N2. The fraction of sp³-hybridized carbons (Fsp3) is 0.316. The first kappa shape index (κ1) is 18.1. The number of thioether (sulfide) groups is 1. The van der Waals surface area contributed by atoms with Crippen LogP contribution in [0.4, 0.5) is 5.82 Å². The van der Waals surface area contributed by atoms with E-state index in [1.54, 1.807) is 0 Å². The molecule has 1 atom stereocenters. The average Bonchev–Trinajstić information content (AvgIpc) is 2.64. The smallest absolute Gasteiger partial charge is 0.257 e. The lowest BCUT2D eigenvalue weighted by molar-refractivity contribution is -0.116. The number of H-pyrrole nitrogens is 1.